The van der Waals surface area contributed by atoms with Crippen molar-refractivity contribution >= 4 is 27.8 Å². The largest absolute Gasteiger partial charge is 0.339 e. The SMILES string of the molecule is Cn1c(-c2cc3ccccc3n2CC2CC2)nc2cc(C(=O)N3CCCCC3)ccc21. The number of likely N-dealkylation sites (tertiary alicyclic amines) is 1. The molecule has 2 aliphatic rings. The molecular weight excluding hydrogens is 384 g/mol. The predicted molar refractivity (Wildman–Crippen MR) is 124 cm³/mol. The summed E-state index contributed by atoms with van der Waals surface area (Å²) in [4.78, 5) is 20.0. The number of piperidine rings is 1. The second-order valence-electron chi connectivity index (χ2n) is 9.19. The van der Waals surface area contributed by atoms with E-state index in [2.05, 4.69) is 52.6 Å². The van der Waals surface area contributed by atoms with Gasteiger partial charge >= 0.3 is 0 Å². The van der Waals surface area contributed by atoms with Crippen molar-refractivity contribution in [1.29, 1.82) is 0 Å². The van der Waals surface area contributed by atoms with E-state index in [1.807, 2.05) is 17.0 Å². The number of rotatable bonds is 4. The number of hydrogen-bond acceptors (Lipinski definition) is 2. The molecule has 1 saturated carbocycles. The molecule has 2 aromatic carbocycles. The van der Waals surface area contributed by atoms with Crippen LogP contribution in [0.5, 0.6) is 0 Å². The number of nitrogens with zero attached hydrogens (tertiary/aromatic N) is 4. The van der Waals surface area contributed by atoms with Gasteiger partial charge in [-0.2, -0.15) is 0 Å². The highest BCUT2D eigenvalue weighted by molar-refractivity contribution is 5.98. The first kappa shape index (κ1) is 18.7. The Kier molecular flexibility index (Phi) is 4.37. The van der Waals surface area contributed by atoms with Crippen molar-refractivity contribution < 1.29 is 4.79 Å². The molecule has 2 aromatic heterocycles. The predicted octanol–water partition coefficient (Wildman–Crippen LogP) is 5.23. The van der Waals surface area contributed by atoms with Crippen molar-refractivity contribution in [1.82, 2.24) is 19.0 Å². The maximum absolute atomic E-state index is 13.0. The molecule has 0 N–H and O–H groups in total. The van der Waals surface area contributed by atoms with Crippen LogP contribution in [0.2, 0.25) is 0 Å². The lowest BCUT2D eigenvalue weighted by molar-refractivity contribution is 0.0724. The average Bonchev–Trinajstić information content (AvgIpc) is 3.48. The van der Waals surface area contributed by atoms with E-state index in [1.165, 1.54) is 30.2 Å². The molecule has 1 aliphatic heterocycles. The Hall–Kier alpha value is -3.08. The minimum absolute atomic E-state index is 0.136. The molecule has 5 heteroatoms. The number of carbonyl (C=O) groups is 1. The van der Waals surface area contributed by atoms with Gasteiger partial charge in [-0.3, -0.25) is 4.79 Å². The number of benzene rings is 2. The lowest BCUT2D eigenvalue weighted by Gasteiger charge is -2.26. The third kappa shape index (κ3) is 3.23. The number of aryl methyl sites for hydroxylation is 1. The Morgan fingerprint density at radius 3 is 2.61 bits per heavy atom. The van der Waals surface area contributed by atoms with E-state index in [-0.39, 0.29) is 5.91 Å². The molecule has 3 heterocycles. The van der Waals surface area contributed by atoms with Gasteiger partial charge in [0.15, 0.2) is 5.82 Å². The molecule has 5 nitrogen and oxygen atoms in total. The molecule has 0 radical (unpaired) electrons. The van der Waals surface area contributed by atoms with Crippen LogP contribution in [0, 0.1) is 5.92 Å². The minimum Gasteiger partial charge on any atom is -0.339 e. The highest BCUT2D eigenvalue weighted by atomic mass is 16.2. The Morgan fingerprint density at radius 2 is 1.81 bits per heavy atom. The summed E-state index contributed by atoms with van der Waals surface area (Å²) in [5.74, 6) is 1.88. The third-order valence-electron chi connectivity index (χ3n) is 6.95. The van der Waals surface area contributed by atoms with Gasteiger partial charge in [0.05, 0.1) is 16.7 Å². The molecule has 158 valence electrons. The number of aromatic nitrogens is 3. The van der Waals surface area contributed by atoms with E-state index in [0.29, 0.717) is 0 Å². The van der Waals surface area contributed by atoms with Crippen LogP contribution in [-0.2, 0) is 13.6 Å². The molecule has 1 aliphatic carbocycles. The van der Waals surface area contributed by atoms with Crippen molar-refractivity contribution in [2.24, 2.45) is 13.0 Å². The monoisotopic (exact) mass is 412 g/mol. The summed E-state index contributed by atoms with van der Waals surface area (Å²) in [5, 5.41) is 1.26. The van der Waals surface area contributed by atoms with Crippen LogP contribution in [0.15, 0.2) is 48.5 Å². The highest BCUT2D eigenvalue weighted by Crippen LogP contribution is 2.36. The zero-order chi connectivity index (χ0) is 20.9. The maximum Gasteiger partial charge on any atom is 0.253 e. The van der Waals surface area contributed by atoms with Crippen molar-refractivity contribution in [3.63, 3.8) is 0 Å². The van der Waals surface area contributed by atoms with Crippen LogP contribution < -0.4 is 0 Å². The first-order chi connectivity index (χ1) is 15.2. The maximum atomic E-state index is 13.0. The summed E-state index contributed by atoms with van der Waals surface area (Å²) in [6.45, 7) is 2.78. The van der Waals surface area contributed by atoms with E-state index in [9.17, 15) is 4.79 Å². The molecular formula is C26H28N4O. The second-order valence-corrected chi connectivity index (χ2v) is 9.19. The number of fused-ring (bicyclic) bond motifs is 2. The topological polar surface area (TPSA) is 43.1 Å². The number of carbonyl (C=O) groups excluding carboxylic acids is 1. The third-order valence-corrected chi connectivity index (χ3v) is 6.95. The van der Waals surface area contributed by atoms with E-state index >= 15 is 0 Å². The molecule has 0 bridgehead atoms. The van der Waals surface area contributed by atoms with Crippen molar-refractivity contribution in [2.75, 3.05) is 13.1 Å². The van der Waals surface area contributed by atoms with E-state index in [0.717, 1.165) is 66.5 Å². The standard InChI is InChI=1S/C26H28N4O/c1-28-23-12-11-20(26(31)29-13-5-2-6-14-29)15-21(23)27-25(28)24-16-19-7-3-4-8-22(19)30(24)17-18-9-10-18/h3-4,7-8,11-12,15-16,18H,2,5-6,9-10,13-14,17H2,1H3. The van der Waals surface area contributed by atoms with Gasteiger partial charge in [-0.25, -0.2) is 4.98 Å². The zero-order valence-electron chi connectivity index (χ0n) is 18.1. The fourth-order valence-corrected chi connectivity index (χ4v) is 4.99. The van der Waals surface area contributed by atoms with Crippen molar-refractivity contribution in [3.05, 3.63) is 54.1 Å². The molecule has 0 spiro atoms. The van der Waals surface area contributed by atoms with Gasteiger partial charge < -0.3 is 14.0 Å². The molecule has 0 atom stereocenters. The Bertz CT molecular complexity index is 1290. The Labute approximate surface area is 182 Å². The number of hydrogen-bond donors (Lipinski definition) is 0. The van der Waals surface area contributed by atoms with Gasteiger partial charge in [0.1, 0.15) is 0 Å². The molecule has 1 saturated heterocycles. The molecule has 31 heavy (non-hydrogen) atoms. The quantitative estimate of drug-likeness (QED) is 0.461. The van der Waals surface area contributed by atoms with Crippen molar-refractivity contribution in [2.45, 2.75) is 38.6 Å². The summed E-state index contributed by atoms with van der Waals surface area (Å²) in [6.07, 6.45) is 6.06. The summed E-state index contributed by atoms with van der Waals surface area (Å²) in [7, 11) is 2.08. The Balaban J connectivity index is 1.44. The summed E-state index contributed by atoms with van der Waals surface area (Å²) in [6, 6.07) is 16.9. The van der Waals surface area contributed by atoms with Gasteiger partial charge in [-0.15, -0.1) is 0 Å². The second kappa shape index (κ2) is 7.26. The van der Waals surface area contributed by atoms with Crippen LogP contribution in [0.4, 0.5) is 0 Å². The van der Waals surface area contributed by atoms with Gasteiger partial charge in [-0.05, 0) is 68.4 Å². The lowest BCUT2D eigenvalue weighted by Crippen LogP contribution is -2.35. The molecule has 0 unspecified atom stereocenters. The molecule has 1 amide bonds. The van der Waals surface area contributed by atoms with Crippen molar-refractivity contribution in [3.8, 4) is 11.5 Å². The fourth-order valence-electron chi connectivity index (χ4n) is 4.99. The number of amides is 1. The van der Waals surface area contributed by atoms with Crippen LogP contribution >= 0.6 is 0 Å². The van der Waals surface area contributed by atoms with Gasteiger partial charge in [0.2, 0.25) is 0 Å². The molecule has 2 fully saturated rings. The van der Waals surface area contributed by atoms with Crippen LogP contribution in [0.3, 0.4) is 0 Å². The van der Waals surface area contributed by atoms with Crippen LogP contribution in [0.1, 0.15) is 42.5 Å². The first-order valence-electron chi connectivity index (χ1n) is 11.5. The van der Waals surface area contributed by atoms with Gasteiger partial charge in [-0.1, -0.05) is 18.2 Å². The fraction of sp³-hybridized carbons (Fsp3) is 0.385. The summed E-state index contributed by atoms with van der Waals surface area (Å²) in [5.41, 5.74) is 5.14. The van der Waals surface area contributed by atoms with Gasteiger partial charge in [0.25, 0.3) is 5.91 Å². The van der Waals surface area contributed by atoms with E-state index < -0.39 is 0 Å². The zero-order valence-corrected chi connectivity index (χ0v) is 18.1. The normalized spacial score (nSPS) is 17.0. The van der Waals surface area contributed by atoms with E-state index in [1.54, 1.807) is 0 Å². The lowest BCUT2D eigenvalue weighted by atomic mass is 10.1. The molecule has 6 rings (SSSR count). The average molecular weight is 413 g/mol. The van der Waals surface area contributed by atoms with Gasteiger partial charge in [0, 0.05) is 43.1 Å². The number of para-hydroxylation sites is 1. The molecule has 4 aromatic rings. The summed E-state index contributed by atoms with van der Waals surface area (Å²) >= 11 is 0. The first-order valence-corrected chi connectivity index (χ1v) is 11.5. The van der Waals surface area contributed by atoms with E-state index in [4.69, 9.17) is 4.98 Å². The summed E-state index contributed by atoms with van der Waals surface area (Å²) < 4.78 is 4.61. The minimum atomic E-state index is 0.136. The highest BCUT2D eigenvalue weighted by Gasteiger charge is 2.26. The van der Waals surface area contributed by atoms with Crippen LogP contribution in [-0.4, -0.2) is 38.0 Å². The number of imidazole rings is 1. The smallest absolute Gasteiger partial charge is 0.253 e. The Morgan fingerprint density at radius 1 is 1.00 bits per heavy atom. The van der Waals surface area contributed by atoms with Crippen LogP contribution in [0.25, 0.3) is 33.5 Å².